The van der Waals surface area contributed by atoms with Gasteiger partial charge >= 0.3 is 0 Å². The van der Waals surface area contributed by atoms with Crippen molar-refractivity contribution in [3.63, 3.8) is 0 Å². The lowest BCUT2D eigenvalue weighted by molar-refractivity contribution is 1.18. The molecular formula is C22H18N4S. The predicted molar refractivity (Wildman–Crippen MR) is 113 cm³/mol. The molecule has 5 heteroatoms. The number of benzene rings is 3. The van der Waals surface area contributed by atoms with Crippen molar-refractivity contribution >= 4 is 32.8 Å². The summed E-state index contributed by atoms with van der Waals surface area (Å²) in [5.41, 5.74) is 3.98. The normalized spacial score (nSPS) is 11.0. The van der Waals surface area contributed by atoms with Gasteiger partial charge in [0.1, 0.15) is 5.69 Å². The number of aromatic nitrogens is 1. The number of azo groups is 1. The third kappa shape index (κ3) is 3.64. The molecule has 1 aromatic heterocycles. The summed E-state index contributed by atoms with van der Waals surface area (Å²) in [7, 11) is 1.68. The summed E-state index contributed by atoms with van der Waals surface area (Å²) < 4.78 is 0. The Hall–Kier alpha value is -3.31. The van der Waals surface area contributed by atoms with E-state index in [0.717, 1.165) is 32.8 Å². The Balaban J connectivity index is 1.88. The van der Waals surface area contributed by atoms with Crippen LogP contribution in [0.3, 0.4) is 0 Å². The standard InChI is InChI=1S/C22H18N4S/c1-23-25-21-20(17-11-5-2-6-12-17)24-22(27-21)26(18-13-7-3-8-14-18)19-15-9-4-10-16-19/h2-16H,1H3. The summed E-state index contributed by atoms with van der Waals surface area (Å²) >= 11 is 1.53. The first-order valence-electron chi connectivity index (χ1n) is 8.63. The van der Waals surface area contributed by atoms with Crippen LogP contribution in [0.4, 0.5) is 21.5 Å². The van der Waals surface area contributed by atoms with Crippen molar-refractivity contribution < 1.29 is 0 Å². The monoisotopic (exact) mass is 370 g/mol. The molecule has 132 valence electrons. The van der Waals surface area contributed by atoms with Crippen molar-refractivity contribution in [2.24, 2.45) is 10.2 Å². The predicted octanol–water partition coefficient (Wildman–Crippen LogP) is 6.99. The molecule has 0 saturated carbocycles. The summed E-state index contributed by atoms with van der Waals surface area (Å²) in [6.45, 7) is 0. The summed E-state index contributed by atoms with van der Waals surface area (Å²) in [6.07, 6.45) is 0. The molecule has 0 amide bonds. The van der Waals surface area contributed by atoms with Crippen LogP contribution in [-0.2, 0) is 0 Å². The molecule has 0 bridgehead atoms. The van der Waals surface area contributed by atoms with Gasteiger partial charge in [0, 0.05) is 24.0 Å². The van der Waals surface area contributed by atoms with Gasteiger partial charge in [-0.2, -0.15) is 5.11 Å². The smallest absolute Gasteiger partial charge is 0.197 e. The van der Waals surface area contributed by atoms with Crippen LogP contribution in [0.15, 0.2) is 101 Å². The van der Waals surface area contributed by atoms with Crippen LogP contribution < -0.4 is 4.90 Å². The summed E-state index contributed by atoms with van der Waals surface area (Å²) in [5, 5.41) is 9.97. The molecule has 0 aliphatic carbocycles. The second kappa shape index (κ2) is 7.93. The Bertz CT molecular complexity index is 988. The van der Waals surface area contributed by atoms with Gasteiger partial charge in [-0.25, -0.2) is 4.98 Å². The van der Waals surface area contributed by atoms with Crippen molar-refractivity contribution in [2.75, 3.05) is 11.9 Å². The first kappa shape index (κ1) is 17.1. The van der Waals surface area contributed by atoms with Gasteiger partial charge in [-0.1, -0.05) is 78.1 Å². The van der Waals surface area contributed by atoms with E-state index >= 15 is 0 Å². The topological polar surface area (TPSA) is 40.9 Å². The highest BCUT2D eigenvalue weighted by Crippen LogP contribution is 2.44. The summed E-state index contributed by atoms with van der Waals surface area (Å²) in [4.78, 5) is 7.09. The lowest BCUT2D eigenvalue weighted by Crippen LogP contribution is -2.09. The third-order valence-corrected chi connectivity index (χ3v) is 4.98. The van der Waals surface area contributed by atoms with E-state index in [1.807, 2.05) is 66.7 Å². The third-order valence-electron chi connectivity index (χ3n) is 4.06. The number of para-hydroxylation sites is 2. The molecule has 4 aromatic rings. The number of thiazole rings is 1. The largest absolute Gasteiger partial charge is 0.286 e. The fourth-order valence-corrected chi connectivity index (χ4v) is 3.86. The second-order valence-electron chi connectivity index (χ2n) is 5.82. The van der Waals surface area contributed by atoms with E-state index < -0.39 is 0 Å². The molecule has 0 fully saturated rings. The van der Waals surface area contributed by atoms with E-state index in [1.54, 1.807) is 7.05 Å². The van der Waals surface area contributed by atoms with Gasteiger partial charge in [-0.3, -0.25) is 4.90 Å². The van der Waals surface area contributed by atoms with Gasteiger partial charge in [0.15, 0.2) is 10.1 Å². The molecule has 0 saturated heterocycles. The van der Waals surface area contributed by atoms with Crippen molar-refractivity contribution in [3.8, 4) is 11.3 Å². The minimum Gasteiger partial charge on any atom is -0.286 e. The molecule has 0 unspecified atom stereocenters. The van der Waals surface area contributed by atoms with E-state index in [2.05, 4.69) is 39.4 Å². The summed E-state index contributed by atoms with van der Waals surface area (Å²) in [5.74, 6) is 0. The fraction of sp³-hybridized carbons (Fsp3) is 0.0455. The lowest BCUT2D eigenvalue weighted by atomic mass is 10.2. The van der Waals surface area contributed by atoms with Crippen LogP contribution in [0.2, 0.25) is 0 Å². The lowest BCUT2D eigenvalue weighted by Gasteiger charge is -2.22. The SMILES string of the molecule is CN=Nc1sc(N(c2ccccc2)c2ccccc2)nc1-c1ccccc1. The van der Waals surface area contributed by atoms with E-state index in [0.29, 0.717) is 0 Å². The molecule has 1 heterocycles. The molecule has 0 aliphatic rings. The average Bonchev–Trinajstić information content (AvgIpc) is 3.14. The van der Waals surface area contributed by atoms with Gasteiger partial charge in [-0.15, -0.1) is 5.11 Å². The maximum atomic E-state index is 4.94. The van der Waals surface area contributed by atoms with E-state index in [-0.39, 0.29) is 0 Å². The van der Waals surface area contributed by atoms with Crippen LogP contribution in [0.5, 0.6) is 0 Å². The number of rotatable bonds is 5. The van der Waals surface area contributed by atoms with Crippen LogP contribution >= 0.6 is 11.3 Å². The molecule has 4 rings (SSSR count). The second-order valence-corrected chi connectivity index (χ2v) is 6.78. The van der Waals surface area contributed by atoms with E-state index in [1.165, 1.54) is 11.3 Å². The highest BCUT2D eigenvalue weighted by atomic mass is 32.1. The molecule has 3 aromatic carbocycles. The zero-order valence-electron chi connectivity index (χ0n) is 14.9. The zero-order chi connectivity index (χ0) is 18.5. The Morgan fingerprint density at radius 1 is 0.741 bits per heavy atom. The van der Waals surface area contributed by atoms with Gasteiger partial charge in [0.2, 0.25) is 0 Å². The highest BCUT2D eigenvalue weighted by Gasteiger charge is 2.20. The molecule has 4 nitrogen and oxygen atoms in total. The van der Waals surface area contributed by atoms with Crippen LogP contribution in [0.1, 0.15) is 0 Å². The molecule has 0 N–H and O–H groups in total. The molecule has 0 radical (unpaired) electrons. The van der Waals surface area contributed by atoms with Gasteiger partial charge in [0.25, 0.3) is 0 Å². The van der Waals surface area contributed by atoms with Crippen molar-refractivity contribution in [1.82, 2.24) is 4.98 Å². The Morgan fingerprint density at radius 2 is 1.26 bits per heavy atom. The molecule has 27 heavy (non-hydrogen) atoms. The average molecular weight is 370 g/mol. The number of hydrogen-bond donors (Lipinski definition) is 0. The Morgan fingerprint density at radius 3 is 1.78 bits per heavy atom. The number of hydrogen-bond acceptors (Lipinski definition) is 5. The first-order valence-corrected chi connectivity index (χ1v) is 9.45. The van der Waals surface area contributed by atoms with Gasteiger partial charge < -0.3 is 0 Å². The van der Waals surface area contributed by atoms with Crippen LogP contribution in [-0.4, -0.2) is 12.0 Å². The van der Waals surface area contributed by atoms with Gasteiger partial charge in [-0.05, 0) is 24.3 Å². The van der Waals surface area contributed by atoms with Gasteiger partial charge in [0.05, 0.1) is 0 Å². The van der Waals surface area contributed by atoms with Crippen LogP contribution in [0, 0.1) is 0 Å². The van der Waals surface area contributed by atoms with Crippen molar-refractivity contribution in [3.05, 3.63) is 91.0 Å². The Kier molecular flexibility index (Phi) is 5.03. The quantitative estimate of drug-likeness (QED) is 0.355. The molecule has 0 atom stereocenters. The van der Waals surface area contributed by atoms with E-state index in [4.69, 9.17) is 4.98 Å². The van der Waals surface area contributed by atoms with Crippen LogP contribution in [0.25, 0.3) is 11.3 Å². The number of anilines is 3. The minimum absolute atomic E-state index is 0.801. The molecule has 0 aliphatic heterocycles. The van der Waals surface area contributed by atoms with Crippen molar-refractivity contribution in [2.45, 2.75) is 0 Å². The van der Waals surface area contributed by atoms with Crippen molar-refractivity contribution in [1.29, 1.82) is 0 Å². The maximum absolute atomic E-state index is 4.94. The summed E-state index contributed by atoms with van der Waals surface area (Å²) in [6, 6.07) is 30.6. The molecular weight excluding hydrogens is 352 g/mol. The first-order chi connectivity index (χ1) is 13.4. The zero-order valence-corrected chi connectivity index (χ0v) is 15.7. The molecule has 0 spiro atoms. The number of nitrogens with zero attached hydrogens (tertiary/aromatic N) is 4. The maximum Gasteiger partial charge on any atom is 0.197 e. The Labute approximate surface area is 162 Å². The minimum atomic E-state index is 0.801. The van der Waals surface area contributed by atoms with E-state index in [9.17, 15) is 0 Å². The fourth-order valence-electron chi connectivity index (χ4n) is 2.86. The highest BCUT2D eigenvalue weighted by molar-refractivity contribution is 7.19.